The van der Waals surface area contributed by atoms with Gasteiger partial charge < -0.3 is 20.9 Å². The Balaban J connectivity index is 1.92. The lowest BCUT2D eigenvalue weighted by Gasteiger charge is -2.12. The number of Topliss-reactive ketones (excluding diaryl/α,β-unsaturated/α-hetero) is 1. The summed E-state index contributed by atoms with van der Waals surface area (Å²) in [7, 11) is 0. The van der Waals surface area contributed by atoms with Crippen molar-refractivity contribution < 1.29 is 23.8 Å². The van der Waals surface area contributed by atoms with Crippen LogP contribution in [0.15, 0.2) is 66.7 Å². The molecule has 8 heteroatoms. The summed E-state index contributed by atoms with van der Waals surface area (Å²) in [5.74, 6) is -3.08. The third-order valence-electron chi connectivity index (χ3n) is 4.98. The number of carbonyl (C=O) groups is 1. The number of fused-ring (bicyclic) bond motifs is 1. The first-order valence-corrected chi connectivity index (χ1v) is 9.75. The van der Waals surface area contributed by atoms with Crippen LogP contribution in [0.1, 0.15) is 33.4 Å². The first kappa shape index (κ1) is 21.4. The Bertz CT molecular complexity index is 1290. The Morgan fingerprint density at radius 1 is 1.00 bits per heavy atom. The number of halogens is 2. The van der Waals surface area contributed by atoms with Crippen LogP contribution in [0.4, 0.5) is 8.78 Å². The molecule has 3 aromatic carbocycles. The Morgan fingerprint density at radius 3 is 2.41 bits per heavy atom. The summed E-state index contributed by atoms with van der Waals surface area (Å²) in [5.41, 5.74) is 6.71. The Kier molecular flexibility index (Phi) is 5.81. The van der Waals surface area contributed by atoms with Crippen molar-refractivity contribution in [2.75, 3.05) is 6.54 Å². The summed E-state index contributed by atoms with van der Waals surface area (Å²) in [6, 6.07) is 15.6. The normalized spacial score (nSPS) is 13.1. The van der Waals surface area contributed by atoms with E-state index < -0.39 is 29.3 Å². The highest BCUT2D eigenvalue weighted by Gasteiger charge is 2.25. The number of nitrogens with two attached hydrogens (primary N) is 1. The molecule has 4 aromatic rings. The summed E-state index contributed by atoms with van der Waals surface area (Å²) in [4.78, 5) is 20.8. The molecular formula is C24H19F2N3O3. The molecular weight excluding hydrogens is 416 g/mol. The molecule has 6 nitrogen and oxygen atoms in total. The van der Waals surface area contributed by atoms with E-state index in [0.29, 0.717) is 22.7 Å². The number of nitrogens with zero attached hydrogens (tertiary/aromatic N) is 1. The van der Waals surface area contributed by atoms with Crippen molar-refractivity contribution in [3.63, 3.8) is 0 Å². The average molecular weight is 435 g/mol. The van der Waals surface area contributed by atoms with Gasteiger partial charge in [0.05, 0.1) is 17.1 Å². The highest BCUT2D eigenvalue weighted by atomic mass is 19.1. The topological polar surface area (TPSA) is 112 Å². The molecule has 0 aliphatic carbocycles. The summed E-state index contributed by atoms with van der Waals surface area (Å²) in [6.07, 6.45) is -0.979. The van der Waals surface area contributed by atoms with E-state index in [9.17, 15) is 23.8 Å². The summed E-state index contributed by atoms with van der Waals surface area (Å²) in [6.45, 7) is -0.0439. The Hall–Kier alpha value is -3.88. The molecule has 32 heavy (non-hydrogen) atoms. The van der Waals surface area contributed by atoms with Crippen LogP contribution >= 0.6 is 0 Å². The third-order valence-corrected chi connectivity index (χ3v) is 4.98. The smallest absolute Gasteiger partial charge is 0.200 e. The van der Waals surface area contributed by atoms with Crippen molar-refractivity contribution in [3.8, 4) is 0 Å². The lowest BCUT2D eigenvalue weighted by atomic mass is 9.96. The molecule has 1 aromatic heterocycles. The minimum Gasteiger partial charge on any atom is -0.506 e. The number of benzene rings is 3. The number of aliphatic hydroxyl groups excluding tert-OH is 2. The van der Waals surface area contributed by atoms with Crippen LogP contribution in [0.25, 0.3) is 22.4 Å². The van der Waals surface area contributed by atoms with Gasteiger partial charge >= 0.3 is 0 Å². The molecule has 0 saturated heterocycles. The first-order chi connectivity index (χ1) is 15.4. The van der Waals surface area contributed by atoms with Crippen molar-refractivity contribution in [2.45, 2.75) is 6.10 Å². The molecule has 0 bridgehead atoms. The number of aromatic amines is 1. The minimum absolute atomic E-state index is 0.0307. The fourth-order valence-corrected chi connectivity index (χ4v) is 3.40. The number of ketones is 1. The number of allylic oxidation sites excluding steroid dienone is 1. The van der Waals surface area contributed by atoms with Gasteiger partial charge in [-0.15, -0.1) is 0 Å². The highest BCUT2D eigenvalue weighted by molar-refractivity contribution is 6.33. The van der Waals surface area contributed by atoms with Gasteiger partial charge in [0.25, 0.3) is 0 Å². The zero-order valence-electron chi connectivity index (χ0n) is 16.7. The summed E-state index contributed by atoms with van der Waals surface area (Å²) >= 11 is 0. The zero-order chi connectivity index (χ0) is 22.8. The van der Waals surface area contributed by atoms with E-state index in [1.54, 1.807) is 36.4 Å². The second-order valence-electron chi connectivity index (χ2n) is 7.19. The lowest BCUT2D eigenvalue weighted by molar-refractivity contribution is 0.105. The van der Waals surface area contributed by atoms with E-state index in [1.165, 1.54) is 12.1 Å². The Labute approximate surface area is 181 Å². The molecule has 5 N–H and O–H groups in total. The fourth-order valence-electron chi connectivity index (χ4n) is 3.40. The van der Waals surface area contributed by atoms with Gasteiger partial charge in [-0.05, 0) is 35.9 Å². The van der Waals surface area contributed by atoms with E-state index in [0.717, 1.165) is 12.1 Å². The minimum atomic E-state index is -0.979. The van der Waals surface area contributed by atoms with E-state index >= 15 is 0 Å². The monoisotopic (exact) mass is 435 g/mol. The van der Waals surface area contributed by atoms with Gasteiger partial charge in [0.2, 0.25) is 5.78 Å². The van der Waals surface area contributed by atoms with Crippen LogP contribution in [0.3, 0.4) is 0 Å². The number of aliphatic hydroxyl groups is 2. The van der Waals surface area contributed by atoms with Gasteiger partial charge in [-0.2, -0.15) is 0 Å². The summed E-state index contributed by atoms with van der Waals surface area (Å²) < 4.78 is 27.6. The molecule has 0 fully saturated rings. The fraction of sp³-hybridized carbons (Fsp3) is 0.0833. The molecule has 0 spiro atoms. The number of hydrogen-bond donors (Lipinski definition) is 4. The van der Waals surface area contributed by atoms with Crippen molar-refractivity contribution in [1.82, 2.24) is 9.97 Å². The van der Waals surface area contributed by atoms with Crippen molar-refractivity contribution in [3.05, 3.63) is 101 Å². The maximum Gasteiger partial charge on any atom is 0.200 e. The van der Waals surface area contributed by atoms with Crippen molar-refractivity contribution >= 4 is 28.1 Å². The summed E-state index contributed by atoms with van der Waals surface area (Å²) in [5, 5.41) is 21.0. The van der Waals surface area contributed by atoms with Crippen LogP contribution in [0.2, 0.25) is 0 Å². The highest BCUT2D eigenvalue weighted by Crippen LogP contribution is 2.29. The molecule has 4 rings (SSSR count). The molecule has 0 radical (unpaired) electrons. The van der Waals surface area contributed by atoms with Crippen LogP contribution in [0.5, 0.6) is 0 Å². The molecule has 0 amide bonds. The predicted molar refractivity (Wildman–Crippen MR) is 117 cm³/mol. The van der Waals surface area contributed by atoms with Crippen molar-refractivity contribution in [2.24, 2.45) is 5.73 Å². The molecule has 1 atom stereocenters. The zero-order valence-corrected chi connectivity index (χ0v) is 16.7. The molecule has 162 valence electrons. The molecule has 0 saturated carbocycles. The van der Waals surface area contributed by atoms with Gasteiger partial charge in [-0.1, -0.05) is 30.3 Å². The first-order valence-electron chi connectivity index (χ1n) is 9.75. The molecule has 0 aliphatic heterocycles. The van der Waals surface area contributed by atoms with Gasteiger partial charge in [-0.25, -0.2) is 13.8 Å². The van der Waals surface area contributed by atoms with E-state index in [1.807, 2.05) is 0 Å². The number of para-hydroxylation sites is 2. The third kappa shape index (κ3) is 4.14. The van der Waals surface area contributed by atoms with Gasteiger partial charge in [-0.3, -0.25) is 4.79 Å². The molecule has 1 unspecified atom stereocenters. The lowest BCUT2D eigenvalue weighted by Crippen LogP contribution is -2.13. The largest absolute Gasteiger partial charge is 0.506 e. The van der Waals surface area contributed by atoms with Gasteiger partial charge in [0.1, 0.15) is 28.8 Å². The van der Waals surface area contributed by atoms with Crippen LogP contribution in [-0.2, 0) is 0 Å². The number of hydrogen-bond acceptors (Lipinski definition) is 5. The number of aromatic nitrogens is 2. The van der Waals surface area contributed by atoms with E-state index in [2.05, 4.69) is 9.97 Å². The van der Waals surface area contributed by atoms with Crippen LogP contribution in [-0.4, -0.2) is 32.5 Å². The Morgan fingerprint density at radius 2 is 1.72 bits per heavy atom. The standard InChI is InChI=1S/C24H19F2N3O3/c25-16-9-15(10-17(26)11-16)23(32)21(24-28-18-6-1-2-7-19(18)29-24)22(31)14-5-3-4-13(8-14)20(30)12-27/h1-11,20,30,32H,12,27H2,(H,28,29)/b23-21-. The van der Waals surface area contributed by atoms with Crippen molar-refractivity contribution in [1.29, 1.82) is 0 Å². The van der Waals surface area contributed by atoms with Gasteiger partial charge in [0, 0.05) is 23.7 Å². The molecule has 0 aliphatic rings. The SMILES string of the molecule is NCC(O)c1cccc(C(=O)/C(=C(/O)c2cc(F)cc(F)c2)c2nc3ccccc3[nH]2)c1. The number of rotatable bonds is 6. The maximum atomic E-state index is 13.8. The van der Waals surface area contributed by atoms with E-state index in [-0.39, 0.29) is 29.1 Å². The maximum absolute atomic E-state index is 13.8. The van der Waals surface area contributed by atoms with Crippen LogP contribution in [0, 0.1) is 11.6 Å². The second kappa shape index (κ2) is 8.70. The predicted octanol–water partition coefficient (Wildman–Crippen LogP) is 4.14. The number of imidazole rings is 1. The molecule has 1 heterocycles. The number of nitrogens with one attached hydrogen (secondary N) is 1. The average Bonchev–Trinajstić information content (AvgIpc) is 3.21. The van der Waals surface area contributed by atoms with Gasteiger partial charge in [0.15, 0.2) is 0 Å². The number of carbonyl (C=O) groups excluding carboxylic acids is 1. The quantitative estimate of drug-likeness (QED) is 0.207. The second-order valence-corrected chi connectivity index (χ2v) is 7.19. The van der Waals surface area contributed by atoms with E-state index in [4.69, 9.17) is 5.73 Å². The number of H-pyrrole nitrogens is 1. The van der Waals surface area contributed by atoms with Crippen LogP contribution < -0.4 is 5.73 Å².